The Bertz CT molecular complexity index is 656. The minimum absolute atomic E-state index is 0.0735. The Labute approximate surface area is 117 Å². The fraction of sp³-hybridized carbons (Fsp3) is 0.250. The van der Waals surface area contributed by atoms with E-state index >= 15 is 0 Å². The molecule has 3 nitrogen and oxygen atoms in total. The molecule has 0 bridgehead atoms. The third-order valence-corrected chi connectivity index (χ3v) is 3.79. The standard InChI is InChI=1S/C16H15FN2O/c1-11-7-9-19(15-5-3-2-4-12(11)15)16(20)13-6-8-18-10-14(13)17/h2-6,8,10-11H,7,9H2,1H3. The second-order valence-electron chi connectivity index (χ2n) is 5.06. The van der Waals surface area contributed by atoms with Gasteiger partial charge in [-0.25, -0.2) is 4.39 Å². The number of carbonyl (C=O) groups is 1. The molecule has 2 aromatic rings. The maximum atomic E-state index is 13.7. The minimum atomic E-state index is -0.575. The van der Waals surface area contributed by atoms with Gasteiger partial charge < -0.3 is 4.90 Å². The molecule has 1 atom stereocenters. The van der Waals surface area contributed by atoms with E-state index in [9.17, 15) is 9.18 Å². The van der Waals surface area contributed by atoms with Gasteiger partial charge in [-0.05, 0) is 30.0 Å². The molecule has 0 aliphatic carbocycles. The highest BCUT2D eigenvalue weighted by atomic mass is 19.1. The predicted octanol–water partition coefficient (Wildman–Crippen LogP) is 3.37. The van der Waals surface area contributed by atoms with Gasteiger partial charge in [-0.2, -0.15) is 0 Å². The van der Waals surface area contributed by atoms with Gasteiger partial charge in [-0.1, -0.05) is 25.1 Å². The number of amides is 1. The van der Waals surface area contributed by atoms with Crippen molar-refractivity contribution in [2.75, 3.05) is 11.4 Å². The summed E-state index contributed by atoms with van der Waals surface area (Å²) in [6.45, 7) is 2.76. The third kappa shape index (κ3) is 2.07. The molecule has 0 N–H and O–H groups in total. The molecule has 1 aromatic heterocycles. The Kier molecular flexibility index (Phi) is 3.22. The molecule has 0 spiro atoms. The zero-order chi connectivity index (χ0) is 14.1. The first-order valence-electron chi connectivity index (χ1n) is 6.69. The SMILES string of the molecule is CC1CCN(C(=O)c2ccncc2F)c2ccccc21. The molecular weight excluding hydrogens is 255 g/mol. The lowest BCUT2D eigenvalue weighted by Gasteiger charge is -2.33. The maximum Gasteiger partial charge on any atom is 0.261 e. The first-order chi connectivity index (χ1) is 9.68. The van der Waals surface area contributed by atoms with Crippen LogP contribution in [-0.2, 0) is 0 Å². The fourth-order valence-corrected chi connectivity index (χ4v) is 2.65. The predicted molar refractivity (Wildman–Crippen MR) is 75.3 cm³/mol. The van der Waals surface area contributed by atoms with Gasteiger partial charge in [0.15, 0.2) is 5.82 Å². The van der Waals surface area contributed by atoms with Crippen molar-refractivity contribution in [2.45, 2.75) is 19.3 Å². The Morgan fingerprint density at radius 2 is 2.15 bits per heavy atom. The zero-order valence-electron chi connectivity index (χ0n) is 11.2. The highest BCUT2D eigenvalue weighted by molar-refractivity contribution is 6.06. The van der Waals surface area contributed by atoms with Crippen LogP contribution in [0, 0.1) is 5.82 Å². The Morgan fingerprint density at radius 1 is 1.35 bits per heavy atom. The lowest BCUT2D eigenvalue weighted by molar-refractivity contribution is 0.0980. The molecule has 20 heavy (non-hydrogen) atoms. The number of carbonyl (C=O) groups excluding carboxylic acids is 1. The monoisotopic (exact) mass is 270 g/mol. The number of para-hydroxylation sites is 1. The van der Waals surface area contributed by atoms with Gasteiger partial charge in [-0.15, -0.1) is 0 Å². The molecule has 1 unspecified atom stereocenters. The zero-order valence-corrected chi connectivity index (χ0v) is 11.2. The van der Waals surface area contributed by atoms with Crippen molar-refractivity contribution in [3.05, 3.63) is 59.7 Å². The molecule has 4 heteroatoms. The fourth-order valence-electron chi connectivity index (χ4n) is 2.65. The molecule has 1 amide bonds. The van der Waals surface area contributed by atoms with Gasteiger partial charge in [0.1, 0.15) is 0 Å². The lowest BCUT2D eigenvalue weighted by Crippen LogP contribution is -2.36. The Morgan fingerprint density at radius 3 is 2.95 bits per heavy atom. The summed E-state index contributed by atoms with van der Waals surface area (Å²) in [6, 6.07) is 9.25. The summed E-state index contributed by atoms with van der Waals surface area (Å²) >= 11 is 0. The van der Waals surface area contributed by atoms with Gasteiger partial charge in [0, 0.05) is 18.4 Å². The number of aromatic nitrogens is 1. The smallest absolute Gasteiger partial charge is 0.261 e. The molecule has 0 fully saturated rings. The van der Waals surface area contributed by atoms with E-state index in [2.05, 4.69) is 11.9 Å². The summed E-state index contributed by atoms with van der Waals surface area (Å²) in [4.78, 5) is 17.9. The van der Waals surface area contributed by atoms with Crippen LogP contribution in [0.4, 0.5) is 10.1 Å². The number of anilines is 1. The van der Waals surface area contributed by atoms with Crippen LogP contribution in [-0.4, -0.2) is 17.4 Å². The molecule has 102 valence electrons. The molecular formula is C16H15FN2O. The van der Waals surface area contributed by atoms with Crippen molar-refractivity contribution in [1.29, 1.82) is 0 Å². The number of benzene rings is 1. The average molecular weight is 270 g/mol. The van der Waals surface area contributed by atoms with Crippen LogP contribution in [0.3, 0.4) is 0 Å². The largest absolute Gasteiger partial charge is 0.308 e. The maximum absolute atomic E-state index is 13.7. The van der Waals surface area contributed by atoms with E-state index in [4.69, 9.17) is 0 Å². The number of pyridine rings is 1. The Hall–Kier alpha value is -2.23. The number of halogens is 1. The number of fused-ring (bicyclic) bond motifs is 1. The van der Waals surface area contributed by atoms with Crippen LogP contribution in [0.2, 0.25) is 0 Å². The van der Waals surface area contributed by atoms with E-state index in [1.807, 2.05) is 24.3 Å². The molecule has 0 saturated carbocycles. The third-order valence-electron chi connectivity index (χ3n) is 3.79. The second-order valence-corrected chi connectivity index (χ2v) is 5.06. The highest BCUT2D eigenvalue weighted by Crippen LogP contribution is 2.35. The van der Waals surface area contributed by atoms with Crippen LogP contribution < -0.4 is 4.90 Å². The summed E-state index contributed by atoms with van der Waals surface area (Å²) in [7, 11) is 0. The molecule has 1 aromatic carbocycles. The van der Waals surface area contributed by atoms with Crippen LogP contribution in [0.15, 0.2) is 42.7 Å². The van der Waals surface area contributed by atoms with E-state index < -0.39 is 5.82 Å². The van der Waals surface area contributed by atoms with Gasteiger partial charge in [0.2, 0.25) is 0 Å². The van der Waals surface area contributed by atoms with Crippen molar-refractivity contribution in [2.24, 2.45) is 0 Å². The van der Waals surface area contributed by atoms with E-state index in [-0.39, 0.29) is 11.5 Å². The first kappa shape index (κ1) is 12.8. The quantitative estimate of drug-likeness (QED) is 0.796. The van der Waals surface area contributed by atoms with E-state index in [1.165, 1.54) is 12.3 Å². The number of hydrogen-bond donors (Lipinski definition) is 0. The summed E-state index contributed by atoms with van der Waals surface area (Å²) in [5.74, 6) is -0.463. The minimum Gasteiger partial charge on any atom is -0.308 e. The van der Waals surface area contributed by atoms with Crippen molar-refractivity contribution in [1.82, 2.24) is 4.98 Å². The van der Waals surface area contributed by atoms with Crippen LogP contribution in [0.25, 0.3) is 0 Å². The molecule has 1 aliphatic rings. The summed E-state index contributed by atoms with van der Waals surface area (Å²) in [5, 5.41) is 0. The normalized spacial score (nSPS) is 17.7. The number of rotatable bonds is 1. The molecule has 0 radical (unpaired) electrons. The Balaban J connectivity index is 2.02. The topological polar surface area (TPSA) is 33.2 Å². The highest BCUT2D eigenvalue weighted by Gasteiger charge is 2.28. The van der Waals surface area contributed by atoms with Crippen molar-refractivity contribution >= 4 is 11.6 Å². The van der Waals surface area contributed by atoms with Crippen molar-refractivity contribution in [3.8, 4) is 0 Å². The van der Waals surface area contributed by atoms with Crippen LogP contribution in [0.5, 0.6) is 0 Å². The molecule has 1 aliphatic heterocycles. The first-order valence-corrected chi connectivity index (χ1v) is 6.69. The molecule has 2 heterocycles. The number of hydrogen-bond acceptors (Lipinski definition) is 2. The summed E-state index contributed by atoms with van der Waals surface area (Å²) in [5.41, 5.74) is 2.10. The summed E-state index contributed by atoms with van der Waals surface area (Å²) < 4.78 is 13.7. The van der Waals surface area contributed by atoms with Crippen molar-refractivity contribution in [3.63, 3.8) is 0 Å². The lowest BCUT2D eigenvalue weighted by atomic mass is 9.91. The van der Waals surface area contributed by atoms with Gasteiger partial charge >= 0.3 is 0 Å². The van der Waals surface area contributed by atoms with E-state index in [0.717, 1.165) is 23.9 Å². The van der Waals surface area contributed by atoms with E-state index in [0.29, 0.717) is 12.5 Å². The van der Waals surface area contributed by atoms with Gasteiger partial charge in [0.25, 0.3) is 5.91 Å². The van der Waals surface area contributed by atoms with E-state index in [1.54, 1.807) is 4.90 Å². The second kappa shape index (κ2) is 5.04. The number of nitrogens with zero attached hydrogens (tertiary/aromatic N) is 2. The van der Waals surface area contributed by atoms with Gasteiger partial charge in [0.05, 0.1) is 11.8 Å². The van der Waals surface area contributed by atoms with Crippen LogP contribution >= 0.6 is 0 Å². The average Bonchev–Trinajstić information content (AvgIpc) is 2.48. The summed E-state index contributed by atoms with van der Waals surface area (Å²) in [6.07, 6.45) is 3.40. The van der Waals surface area contributed by atoms with Gasteiger partial charge in [-0.3, -0.25) is 9.78 Å². The molecule has 3 rings (SSSR count). The van der Waals surface area contributed by atoms with Crippen LogP contribution in [0.1, 0.15) is 35.2 Å². The molecule has 0 saturated heterocycles. The van der Waals surface area contributed by atoms with Crippen molar-refractivity contribution < 1.29 is 9.18 Å².